The summed E-state index contributed by atoms with van der Waals surface area (Å²) in [6.07, 6.45) is 0. The van der Waals surface area contributed by atoms with Gasteiger partial charge in [0.25, 0.3) is 11.8 Å². The Morgan fingerprint density at radius 1 is 0.395 bits per heavy atom. The second-order valence-electron chi connectivity index (χ2n) is 23.1. The van der Waals surface area contributed by atoms with Crippen molar-refractivity contribution in [3.05, 3.63) is 266 Å². The van der Waals surface area contributed by atoms with E-state index in [-0.39, 0.29) is 32.7 Å². The highest BCUT2D eigenvalue weighted by molar-refractivity contribution is 7.16. The zero-order valence-corrected chi connectivity index (χ0v) is 49.2. The largest absolute Gasteiger partial charge is 0.380 e. The van der Waals surface area contributed by atoms with Gasteiger partial charge < -0.3 is 0 Å². The Hall–Kier alpha value is -8.90. The van der Waals surface area contributed by atoms with Crippen LogP contribution in [0.25, 0.3) is 86.3 Å². The van der Waals surface area contributed by atoms with Crippen LogP contribution in [0, 0.1) is 13.8 Å². The smallest absolute Gasteiger partial charge is 0.268 e. The summed E-state index contributed by atoms with van der Waals surface area (Å²) in [6.45, 7) is 11.2. The molecule has 10 aromatic carbocycles. The molecule has 0 N–H and O–H groups in total. The Labute approximate surface area is 501 Å². The molecular formula is C75H53F6NO2S2. The normalized spacial score (nSPS) is 15.4. The number of para-hydroxylation sites is 1. The Morgan fingerprint density at radius 2 is 0.791 bits per heavy atom. The first-order valence-electron chi connectivity index (χ1n) is 28.6. The van der Waals surface area contributed by atoms with Crippen LogP contribution in [0.4, 0.5) is 32.0 Å². The molecule has 0 fully saturated rings. The molecule has 0 unspecified atom stereocenters. The fourth-order valence-corrected chi connectivity index (χ4v) is 15.5. The summed E-state index contributed by atoms with van der Waals surface area (Å²) in [7, 11) is 0. The van der Waals surface area contributed by atoms with Crippen LogP contribution in [-0.2, 0) is 0 Å². The van der Waals surface area contributed by atoms with E-state index in [1.54, 1.807) is 12.1 Å². The number of thiophene rings is 2. The number of nitrogens with zero attached hydrogens (tertiary/aromatic N) is 1. The molecule has 1 aliphatic heterocycles. The van der Waals surface area contributed by atoms with Gasteiger partial charge in [-0.3, -0.25) is 9.59 Å². The first-order chi connectivity index (χ1) is 41.3. The fraction of sp³-hybridized carbons (Fsp3) is 0.147. The lowest BCUT2D eigenvalue weighted by Crippen LogP contribution is -2.48. The zero-order valence-electron chi connectivity index (χ0n) is 47.6. The number of imide groups is 1. The highest BCUT2D eigenvalue weighted by Gasteiger charge is 2.80. The van der Waals surface area contributed by atoms with Crippen molar-refractivity contribution in [2.24, 2.45) is 0 Å². The van der Waals surface area contributed by atoms with Crippen molar-refractivity contribution in [3.8, 4) is 20.9 Å². The van der Waals surface area contributed by atoms with Crippen molar-refractivity contribution in [2.75, 3.05) is 4.90 Å². The summed E-state index contributed by atoms with van der Waals surface area (Å²) < 4.78 is 99.4. The number of rotatable bonds is 11. The van der Waals surface area contributed by atoms with E-state index in [0.29, 0.717) is 48.5 Å². The molecule has 86 heavy (non-hydrogen) atoms. The molecule has 2 amide bonds. The number of alkyl halides is 6. The number of anilines is 1. The molecule has 12 aromatic rings. The number of benzene rings is 10. The van der Waals surface area contributed by atoms with E-state index in [1.807, 2.05) is 179 Å². The van der Waals surface area contributed by atoms with Crippen molar-refractivity contribution >= 4 is 106 Å². The van der Waals surface area contributed by atoms with Crippen molar-refractivity contribution in [1.29, 1.82) is 0 Å². The number of aryl methyl sites for hydroxylation is 2. The van der Waals surface area contributed by atoms with Gasteiger partial charge in [-0.15, -0.1) is 22.7 Å². The molecule has 2 aliphatic rings. The SMILES string of the molecule is Cc1sc(-c2ccc(C(=C(c3ccccc3)c3ccccc3)c3ccccc3)cc2)cc1C1=C(c2cc(-c3ccc4c5ccc6c7c(ccc(c8cccc3c84)c75)C(=O)N(c3c(C(C)C)cccc3C(C)C)C6=O)sc2C)C(F)(F)C(F)(F)C1(F)F. The maximum Gasteiger partial charge on any atom is 0.380 e. The molecule has 14 rings (SSSR count). The van der Waals surface area contributed by atoms with Gasteiger partial charge in [-0.1, -0.05) is 204 Å². The summed E-state index contributed by atoms with van der Waals surface area (Å²) in [5.74, 6) is -17.0. The van der Waals surface area contributed by atoms with E-state index in [0.717, 1.165) is 99.5 Å². The first kappa shape index (κ1) is 55.0. The Morgan fingerprint density at radius 3 is 1.27 bits per heavy atom. The number of hydrogen-bond donors (Lipinski definition) is 0. The number of fused-ring (bicyclic) bond motifs is 2. The molecule has 0 radical (unpaired) electrons. The standard InChI is InChI=1S/C75H53F6NO2S2/c1-40(2)49-24-16-25-50(41(3)4)70(49)82-71(83)57-36-34-55-53-27-17-26-52-51(32-33-54(65(52)53)56-35-37-58(72(82)84)67(57)66(55)56)62-39-60(43(6)86-62)69-68(73(76,77)75(80,81)74(69,78)79)59-38-61(85-42(59)5)44-28-30-48(31-29-44)64(47-22-14-9-15-23-47)63(45-18-10-7-11-19-45)46-20-12-8-13-21-46/h7-41H,1-6H3. The van der Waals surface area contributed by atoms with E-state index in [9.17, 15) is 9.59 Å². The van der Waals surface area contributed by atoms with Crippen LogP contribution in [0.3, 0.4) is 0 Å². The van der Waals surface area contributed by atoms with Crippen molar-refractivity contribution in [1.82, 2.24) is 0 Å². The number of hydrogen-bond acceptors (Lipinski definition) is 4. The van der Waals surface area contributed by atoms with Gasteiger partial charge >= 0.3 is 17.8 Å². The van der Waals surface area contributed by atoms with Crippen LogP contribution >= 0.6 is 22.7 Å². The molecule has 0 atom stereocenters. The van der Waals surface area contributed by atoms with E-state index in [4.69, 9.17) is 0 Å². The molecule has 11 heteroatoms. The third-order valence-electron chi connectivity index (χ3n) is 17.4. The monoisotopic (exact) mass is 1180 g/mol. The summed E-state index contributed by atoms with van der Waals surface area (Å²) in [4.78, 5) is 32.3. The lowest BCUT2D eigenvalue weighted by molar-refractivity contribution is -0.254. The molecular weight excluding hydrogens is 1120 g/mol. The molecule has 3 nitrogen and oxygen atoms in total. The van der Waals surface area contributed by atoms with Crippen molar-refractivity contribution in [3.63, 3.8) is 0 Å². The third-order valence-corrected chi connectivity index (χ3v) is 19.6. The van der Waals surface area contributed by atoms with E-state index in [1.165, 1.54) is 30.9 Å². The predicted octanol–water partition coefficient (Wildman–Crippen LogP) is 21.7. The Balaban J connectivity index is 0.874. The summed E-state index contributed by atoms with van der Waals surface area (Å²) in [5, 5.41) is 6.04. The maximum atomic E-state index is 16.8. The minimum atomic E-state index is -5.76. The zero-order chi connectivity index (χ0) is 59.9. The maximum absolute atomic E-state index is 16.8. The number of carbonyl (C=O) groups excluding carboxylic acids is 2. The molecule has 0 bridgehead atoms. The van der Waals surface area contributed by atoms with Crippen LogP contribution < -0.4 is 4.90 Å². The Kier molecular flexibility index (Phi) is 12.9. The highest BCUT2D eigenvalue weighted by atomic mass is 32.1. The predicted molar refractivity (Wildman–Crippen MR) is 342 cm³/mol. The molecule has 1 aliphatic carbocycles. The van der Waals surface area contributed by atoms with E-state index < -0.39 is 40.7 Å². The lowest BCUT2D eigenvalue weighted by atomic mass is 9.83. The van der Waals surface area contributed by atoms with Gasteiger partial charge in [-0.25, -0.2) is 4.90 Å². The van der Waals surface area contributed by atoms with Gasteiger partial charge in [0.2, 0.25) is 0 Å². The number of amides is 2. The number of carbonyl (C=O) groups is 2. The van der Waals surface area contributed by atoms with E-state index in [2.05, 4.69) is 24.3 Å². The fourth-order valence-electron chi connectivity index (χ4n) is 13.4. The average molecular weight is 1180 g/mol. The van der Waals surface area contributed by atoms with Crippen LogP contribution in [0.5, 0.6) is 0 Å². The van der Waals surface area contributed by atoms with Crippen LogP contribution in [0.15, 0.2) is 200 Å². The van der Waals surface area contributed by atoms with Crippen LogP contribution in [0.1, 0.15) is 115 Å². The highest BCUT2D eigenvalue weighted by Crippen LogP contribution is 2.66. The van der Waals surface area contributed by atoms with Gasteiger partial charge in [0.1, 0.15) is 0 Å². The molecule has 2 aromatic heterocycles. The van der Waals surface area contributed by atoms with Gasteiger partial charge in [0.15, 0.2) is 0 Å². The van der Waals surface area contributed by atoms with Crippen LogP contribution in [0.2, 0.25) is 0 Å². The summed E-state index contributed by atoms with van der Waals surface area (Å²) in [5.41, 5.74) is 6.62. The summed E-state index contributed by atoms with van der Waals surface area (Å²) in [6, 6.07) is 63.1. The van der Waals surface area contributed by atoms with Crippen molar-refractivity contribution in [2.45, 2.75) is 71.1 Å². The Bertz CT molecular complexity index is 4700. The number of halogens is 6. The molecule has 0 saturated carbocycles. The average Bonchev–Trinajstić information content (AvgIpc) is 1.40. The minimum Gasteiger partial charge on any atom is -0.268 e. The third kappa shape index (κ3) is 8.07. The van der Waals surface area contributed by atoms with Gasteiger partial charge in [0, 0.05) is 47.2 Å². The van der Waals surface area contributed by atoms with Gasteiger partial charge in [0.05, 0.1) is 5.69 Å². The lowest BCUT2D eigenvalue weighted by Gasteiger charge is -2.32. The van der Waals surface area contributed by atoms with Gasteiger partial charge in [-0.2, -0.15) is 26.3 Å². The molecule has 0 saturated heterocycles. The second-order valence-corrected chi connectivity index (χ2v) is 25.6. The molecule has 424 valence electrons. The minimum absolute atomic E-state index is 0.0279. The van der Waals surface area contributed by atoms with Crippen molar-refractivity contribution < 1.29 is 35.9 Å². The van der Waals surface area contributed by atoms with Crippen LogP contribution in [-0.4, -0.2) is 29.6 Å². The quantitative estimate of drug-likeness (QED) is 0.0425. The van der Waals surface area contributed by atoms with E-state index >= 15 is 26.3 Å². The second kappa shape index (κ2) is 20.1. The topological polar surface area (TPSA) is 37.4 Å². The first-order valence-corrected chi connectivity index (χ1v) is 30.2. The number of allylic oxidation sites excluding steroid dienone is 2. The molecule has 0 spiro atoms. The summed E-state index contributed by atoms with van der Waals surface area (Å²) >= 11 is 2.15. The molecule has 3 heterocycles. The van der Waals surface area contributed by atoms with Gasteiger partial charge in [-0.05, 0) is 154 Å².